The zero-order valence-corrected chi connectivity index (χ0v) is 21.2. The second-order valence-corrected chi connectivity index (χ2v) is 0. The molecule has 8 nitrogen and oxygen atoms in total. The van der Waals surface area contributed by atoms with Gasteiger partial charge in [-0.05, 0) is 0 Å². The molecule has 0 saturated heterocycles. The molecule has 0 aromatic carbocycles. The van der Waals surface area contributed by atoms with Crippen molar-refractivity contribution in [3.8, 4) is 0 Å². The molecular formula is CeLaNdO8YZr. The van der Waals surface area contributed by atoms with E-state index in [0.29, 0.717) is 0 Å². The van der Waals surface area contributed by atoms with Crippen LogP contribution in [0.15, 0.2) is 0 Å². The molecule has 0 saturated carbocycles. The minimum atomic E-state index is 0. The Morgan fingerprint density at radius 3 is 0.462 bits per heavy atom. The summed E-state index contributed by atoms with van der Waals surface area (Å²) in [5, 5.41) is 0. The van der Waals surface area contributed by atoms with Crippen LogP contribution in [0.4, 0.5) is 0 Å². The fourth-order valence-corrected chi connectivity index (χ4v) is 0. The molecule has 13 heteroatoms. The van der Waals surface area contributed by atoms with Crippen molar-refractivity contribution >= 4 is 0 Å². The zero-order chi connectivity index (χ0) is 0. The first-order valence-electron chi connectivity index (χ1n) is 0. The summed E-state index contributed by atoms with van der Waals surface area (Å²) in [7, 11) is 0. The summed E-state index contributed by atoms with van der Waals surface area (Å²) in [5.74, 6) is 0. The third-order valence-electron chi connectivity index (χ3n) is 0. The van der Waals surface area contributed by atoms with Gasteiger partial charge in [0.25, 0.3) is 0 Å². The van der Waals surface area contributed by atoms with E-state index in [4.69, 9.17) is 0 Å². The van der Waals surface area contributed by atoms with Crippen molar-refractivity contribution < 1.29 is 221 Å². The van der Waals surface area contributed by atoms with E-state index in [1.54, 1.807) is 0 Å². The largest absolute Gasteiger partial charge is 4.00 e. The Morgan fingerprint density at radius 2 is 0.462 bits per heavy atom. The first-order chi connectivity index (χ1) is 0. The fourth-order valence-electron chi connectivity index (χ4n) is 0. The predicted octanol–water partition coefficient (Wildman–Crippen LogP) is -0.955. The summed E-state index contributed by atoms with van der Waals surface area (Å²) >= 11 is 0. The predicted molar refractivity (Wildman–Crippen MR) is 5.49 cm³/mol. The Bertz CT molecular complexity index is 24.1. The smallest absolute Gasteiger partial charge is 2.00 e. The molecule has 0 rings (SSSR count). The molecule has 0 bridgehead atoms. The Hall–Kier alpha value is 5.59. The molecule has 0 fully saturated rings. The van der Waals surface area contributed by atoms with Gasteiger partial charge in [0.2, 0.25) is 0 Å². The van der Waals surface area contributed by atoms with Crippen molar-refractivity contribution in [1.82, 2.24) is 0 Å². The average Bonchev–Trinajstić information content (AvgIpc) is 0. The molecule has 13 heavy (non-hydrogen) atoms. The fraction of sp³-hybridized carbons (Fsp3) is 0. The van der Waals surface area contributed by atoms with Gasteiger partial charge >= 0.3 is 177 Å². The van der Waals surface area contributed by atoms with Gasteiger partial charge in [-0.25, -0.2) is 0 Å². The molecule has 0 aliphatic carbocycles. The van der Waals surface area contributed by atoms with Gasteiger partial charge in [0.15, 0.2) is 0 Å². The molecule has 0 N–H and O–H groups in total. The first kappa shape index (κ1) is 184. The summed E-state index contributed by atoms with van der Waals surface area (Å²) in [6.07, 6.45) is 0. The van der Waals surface area contributed by atoms with Crippen molar-refractivity contribution in [1.29, 1.82) is 0 Å². The van der Waals surface area contributed by atoms with Crippen LogP contribution < -0.4 is 0 Å². The van der Waals surface area contributed by atoms with Crippen molar-refractivity contribution in [3.05, 3.63) is 0 Å². The molecule has 0 aliphatic heterocycles. The molecule has 0 amide bonds. The molecule has 0 aliphatic rings. The van der Waals surface area contributed by atoms with Crippen molar-refractivity contribution in [2.75, 3.05) is 0 Å². The van der Waals surface area contributed by atoms with Crippen LogP contribution in [0.1, 0.15) is 0 Å². The van der Waals surface area contributed by atoms with E-state index in [1.165, 1.54) is 0 Å². The average molecular weight is 731 g/mol. The van der Waals surface area contributed by atoms with Crippen LogP contribution in [0.3, 0.4) is 0 Å². The second-order valence-electron chi connectivity index (χ2n) is 0. The maximum absolute atomic E-state index is 0. The molecule has 2 radical (unpaired) electrons. The molecular weight excluding hydrogens is 731 g/mol. The Balaban J connectivity index is 0. The van der Waals surface area contributed by atoms with Crippen LogP contribution in [-0.2, 0) is 103 Å². The number of hydrogen-bond donors (Lipinski definition) is 0. The minimum Gasteiger partial charge on any atom is -2.00 e. The minimum absolute atomic E-state index is 0. The van der Waals surface area contributed by atoms with E-state index in [1.807, 2.05) is 0 Å². The van der Waals surface area contributed by atoms with E-state index in [-0.39, 0.29) is 221 Å². The monoisotopic (exact) mass is 727 g/mol. The van der Waals surface area contributed by atoms with Gasteiger partial charge in [0.1, 0.15) is 0 Å². The molecule has 0 unspecified atom stereocenters. The summed E-state index contributed by atoms with van der Waals surface area (Å²) in [5.41, 5.74) is 0. The van der Waals surface area contributed by atoms with E-state index < -0.39 is 0 Å². The summed E-state index contributed by atoms with van der Waals surface area (Å²) < 4.78 is 0. The van der Waals surface area contributed by atoms with E-state index in [0.717, 1.165) is 0 Å². The maximum atomic E-state index is 0. The Labute approximate surface area is 215 Å². The Kier molecular flexibility index (Phi) is 2190. The van der Waals surface area contributed by atoms with E-state index >= 15 is 0 Å². The topological polar surface area (TPSA) is 228 Å². The van der Waals surface area contributed by atoms with Gasteiger partial charge in [-0.15, -0.1) is 0 Å². The molecule has 66 valence electrons. The van der Waals surface area contributed by atoms with Crippen LogP contribution in [0.2, 0.25) is 0 Å². The molecule has 0 atom stereocenters. The van der Waals surface area contributed by atoms with Crippen LogP contribution in [0, 0.1) is 118 Å². The van der Waals surface area contributed by atoms with Crippen LogP contribution in [-0.4, -0.2) is 0 Å². The maximum Gasteiger partial charge on any atom is 4.00 e. The zero-order valence-electron chi connectivity index (χ0n) is 5.92. The van der Waals surface area contributed by atoms with Crippen molar-refractivity contribution in [2.24, 2.45) is 0 Å². The van der Waals surface area contributed by atoms with Crippen molar-refractivity contribution in [3.63, 3.8) is 0 Å². The molecule has 0 spiro atoms. The van der Waals surface area contributed by atoms with Crippen LogP contribution in [0.5, 0.6) is 0 Å². The summed E-state index contributed by atoms with van der Waals surface area (Å²) in [6.45, 7) is 0. The Morgan fingerprint density at radius 1 is 0.462 bits per heavy atom. The molecule has 0 heterocycles. The van der Waals surface area contributed by atoms with E-state index in [2.05, 4.69) is 0 Å². The third-order valence-corrected chi connectivity index (χ3v) is 0. The van der Waals surface area contributed by atoms with Gasteiger partial charge < -0.3 is 43.8 Å². The second kappa shape index (κ2) is 155. The SMILES string of the molecule is [Ce+3].[La+3].[Nd+3].[O-2].[O-2].[O-2].[O-2].[O-2].[O-2].[O-2].[O-2].[Y+3].[Zr+4]. The standard InChI is InChI=1S/Ce.La.Nd.8O.Y.Zr/q3*+3;8*-2;+3;+4. The summed E-state index contributed by atoms with van der Waals surface area (Å²) in [4.78, 5) is 0. The molecule has 0 aromatic rings. The normalized spacial score (nSPS) is 0. The number of rotatable bonds is 0. The number of hydrogen-bond acceptors (Lipinski definition) is 0. The quantitative estimate of drug-likeness (QED) is 0.294. The molecule has 0 aromatic heterocycles. The van der Waals surface area contributed by atoms with Gasteiger partial charge in [0, 0.05) is 0 Å². The third kappa shape index (κ3) is 137. The van der Waals surface area contributed by atoms with Crippen molar-refractivity contribution in [2.45, 2.75) is 0 Å². The van der Waals surface area contributed by atoms with Gasteiger partial charge in [0.05, 0.1) is 0 Å². The van der Waals surface area contributed by atoms with Gasteiger partial charge in [-0.1, -0.05) is 0 Å². The van der Waals surface area contributed by atoms with Crippen LogP contribution >= 0.6 is 0 Å². The van der Waals surface area contributed by atoms with Gasteiger partial charge in [-0.3, -0.25) is 0 Å². The van der Waals surface area contributed by atoms with Gasteiger partial charge in [-0.2, -0.15) is 0 Å². The first-order valence-corrected chi connectivity index (χ1v) is 0. The van der Waals surface area contributed by atoms with Crippen LogP contribution in [0.25, 0.3) is 0 Å². The van der Waals surface area contributed by atoms with E-state index in [9.17, 15) is 0 Å². The summed E-state index contributed by atoms with van der Waals surface area (Å²) in [6, 6.07) is 0.